The molecule has 4 heteroatoms. The van der Waals surface area contributed by atoms with Crippen LogP contribution in [0.2, 0.25) is 0 Å². The van der Waals surface area contributed by atoms with Crippen molar-refractivity contribution in [3.8, 4) is 0 Å². The van der Waals surface area contributed by atoms with E-state index in [0.717, 1.165) is 30.2 Å². The van der Waals surface area contributed by atoms with Crippen LogP contribution in [0, 0.1) is 5.41 Å². The van der Waals surface area contributed by atoms with Crippen LogP contribution in [0.4, 0.5) is 5.82 Å². The van der Waals surface area contributed by atoms with E-state index < -0.39 is 0 Å². The molecule has 0 atom stereocenters. The molecule has 1 aromatic rings. The van der Waals surface area contributed by atoms with Gasteiger partial charge in [0.1, 0.15) is 5.82 Å². The molecule has 16 heavy (non-hydrogen) atoms. The third-order valence-corrected chi connectivity index (χ3v) is 3.89. The largest absolute Gasteiger partial charge is 0.309 e. The summed E-state index contributed by atoms with van der Waals surface area (Å²) in [4.78, 5) is 16.3. The van der Waals surface area contributed by atoms with E-state index in [-0.39, 0.29) is 11.3 Å². The number of carbonyl (C=O) groups excluding carboxylic acids is 1. The zero-order valence-electron chi connectivity index (χ0n) is 9.29. The number of anilines is 1. The molecule has 1 aliphatic carbocycles. The second kappa shape index (κ2) is 4.53. The van der Waals surface area contributed by atoms with Gasteiger partial charge in [-0.3, -0.25) is 4.79 Å². The molecule has 1 heterocycles. The number of aromatic nitrogens is 1. The van der Waals surface area contributed by atoms with Gasteiger partial charge in [0.25, 0.3) is 0 Å². The molecule has 1 amide bonds. The maximum atomic E-state index is 12.1. The van der Waals surface area contributed by atoms with E-state index in [0.29, 0.717) is 5.82 Å². The fourth-order valence-electron chi connectivity index (χ4n) is 2.12. The van der Waals surface area contributed by atoms with Crippen molar-refractivity contribution in [2.45, 2.75) is 32.6 Å². The Labute approximate surface area is 104 Å². The van der Waals surface area contributed by atoms with Crippen LogP contribution < -0.4 is 5.32 Å². The summed E-state index contributed by atoms with van der Waals surface area (Å²) in [6.45, 7) is 2.03. The summed E-state index contributed by atoms with van der Waals surface area (Å²) in [5.74, 6) is 0.699. The number of carbonyl (C=O) groups is 1. The van der Waals surface area contributed by atoms with Gasteiger partial charge >= 0.3 is 0 Å². The molecule has 0 saturated heterocycles. The van der Waals surface area contributed by atoms with E-state index in [2.05, 4.69) is 26.2 Å². The Morgan fingerprint density at radius 2 is 2.19 bits per heavy atom. The molecule has 0 aliphatic heterocycles. The van der Waals surface area contributed by atoms with Crippen molar-refractivity contribution in [1.29, 1.82) is 0 Å². The zero-order chi connectivity index (χ0) is 11.6. The van der Waals surface area contributed by atoms with Crippen molar-refractivity contribution in [2.24, 2.45) is 5.41 Å². The number of rotatable bonds is 2. The highest BCUT2D eigenvalue weighted by Crippen LogP contribution is 2.38. The summed E-state index contributed by atoms with van der Waals surface area (Å²) in [6.07, 6.45) is 5.92. The van der Waals surface area contributed by atoms with Crippen LogP contribution in [0.15, 0.2) is 22.8 Å². The van der Waals surface area contributed by atoms with E-state index in [1.807, 2.05) is 19.1 Å². The first-order chi connectivity index (χ1) is 7.62. The Bertz CT molecular complexity index is 400. The van der Waals surface area contributed by atoms with Gasteiger partial charge in [-0.1, -0.05) is 19.8 Å². The third kappa shape index (κ3) is 2.26. The van der Waals surface area contributed by atoms with Gasteiger partial charge in [0.05, 0.1) is 4.47 Å². The first kappa shape index (κ1) is 11.6. The Morgan fingerprint density at radius 1 is 1.50 bits per heavy atom. The maximum Gasteiger partial charge on any atom is 0.231 e. The van der Waals surface area contributed by atoms with Gasteiger partial charge in [0.15, 0.2) is 0 Å². The standard InChI is InChI=1S/C12H15BrN2O/c1-12(6-2-3-7-12)11(16)15-10-9(13)5-4-8-14-10/h4-5,8H,2-3,6-7H2,1H3,(H,14,15,16). The summed E-state index contributed by atoms with van der Waals surface area (Å²) in [7, 11) is 0. The molecule has 0 radical (unpaired) electrons. The van der Waals surface area contributed by atoms with Crippen LogP contribution in [-0.4, -0.2) is 10.9 Å². The zero-order valence-corrected chi connectivity index (χ0v) is 10.9. The van der Waals surface area contributed by atoms with Gasteiger partial charge in [-0.2, -0.15) is 0 Å². The van der Waals surface area contributed by atoms with Gasteiger partial charge in [-0.15, -0.1) is 0 Å². The minimum absolute atomic E-state index is 0.0874. The molecule has 0 spiro atoms. The molecular weight excluding hydrogens is 268 g/mol. The fraction of sp³-hybridized carbons (Fsp3) is 0.500. The molecule has 2 rings (SSSR count). The summed E-state index contributed by atoms with van der Waals surface area (Å²) < 4.78 is 0.824. The number of nitrogens with zero attached hydrogens (tertiary/aromatic N) is 1. The first-order valence-corrected chi connectivity index (χ1v) is 6.33. The topological polar surface area (TPSA) is 42.0 Å². The van der Waals surface area contributed by atoms with Crippen LogP contribution in [0.1, 0.15) is 32.6 Å². The molecule has 0 unspecified atom stereocenters. The molecule has 1 saturated carbocycles. The summed E-state index contributed by atoms with van der Waals surface area (Å²) in [5, 5.41) is 2.90. The van der Waals surface area contributed by atoms with Crippen molar-refractivity contribution in [2.75, 3.05) is 5.32 Å². The molecule has 1 aromatic heterocycles. The number of halogens is 1. The van der Waals surface area contributed by atoms with E-state index in [1.54, 1.807) is 6.20 Å². The molecular formula is C12H15BrN2O. The quantitative estimate of drug-likeness (QED) is 0.904. The minimum Gasteiger partial charge on any atom is -0.309 e. The average Bonchev–Trinajstić information content (AvgIpc) is 2.70. The predicted octanol–water partition coefficient (Wildman–Crippen LogP) is 3.36. The SMILES string of the molecule is CC1(C(=O)Nc2ncccc2Br)CCCC1. The lowest BCUT2D eigenvalue weighted by Crippen LogP contribution is -2.31. The van der Waals surface area contributed by atoms with E-state index in [1.165, 1.54) is 0 Å². The smallest absolute Gasteiger partial charge is 0.231 e. The number of nitrogens with one attached hydrogen (secondary N) is 1. The third-order valence-electron chi connectivity index (χ3n) is 3.25. The van der Waals surface area contributed by atoms with Gasteiger partial charge in [0.2, 0.25) is 5.91 Å². The average molecular weight is 283 g/mol. The van der Waals surface area contributed by atoms with Gasteiger partial charge in [-0.25, -0.2) is 4.98 Å². The van der Waals surface area contributed by atoms with Crippen molar-refractivity contribution >= 4 is 27.7 Å². The van der Waals surface area contributed by atoms with Gasteiger partial charge in [-0.05, 0) is 40.9 Å². The Morgan fingerprint density at radius 3 is 2.81 bits per heavy atom. The normalized spacial score (nSPS) is 18.4. The van der Waals surface area contributed by atoms with Gasteiger partial charge < -0.3 is 5.32 Å². The number of hydrogen-bond donors (Lipinski definition) is 1. The summed E-state index contributed by atoms with van der Waals surface area (Å²) >= 11 is 3.37. The molecule has 0 bridgehead atoms. The Kier molecular flexibility index (Phi) is 3.28. The Hall–Kier alpha value is -0.900. The van der Waals surface area contributed by atoms with Crippen LogP contribution in [0.3, 0.4) is 0 Å². The minimum atomic E-state index is -0.211. The second-order valence-electron chi connectivity index (χ2n) is 4.56. The highest BCUT2D eigenvalue weighted by atomic mass is 79.9. The molecule has 1 N–H and O–H groups in total. The van der Waals surface area contributed by atoms with Crippen LogP contribution in [0.25, 0.3) is 0 Å². The lowest BCUT2D eigenvalue weighted by Gasteiger charge is -2.22. The number of amides is 1. The van der Waals surface area contributed by atoms with E-state index in [9.17, 15) is 4.79 Å². The van der Waals surface area contributed by atoms with Crippen LogP contribution in [-0.2, 0) is 4.79 Å². The summed E-state index contributed by atoms with van der Waals surface area (Å²) in [6, 6.07) is 3.70. The van der Waals surface area contributed by atoms with E-state index in [4.69, 9.17) is 0 Å². The van der Waals surface area contributed by atoms with Crippen molar-refractivity contribution in [1.82, 2.24) is 4.98 Å². The van der Waals surface area contributed by atoms with Crippen LogP contribution >= 0.6 is 15.9 Å². The molecule has 3 nitrogen and oxygen atoms in total. The van der Waals surface area contributed by atoms with Crippen LogP contribution in [0.5, 0.6) is 0 Å². The van der Waals surface area contributed by atoms with E-state index >= 15 is 0 Å². The first-order valence-electron chi connectivity index (χ1n) is 5.54. The number of pyridine rings is 1. The monoisotopic (exact) mass is 282 g/mol. The predicted molar refractivity (Wildman–Crippen MR) is 67.1 cm³/mol. The molecule has 86 valence electrons. The van der Waals surface area contributed by atoms with Gasteiger partial charge in [0, 0.05) is 11.6 Å². The fourth-order valence-corrected chi connectivity index (χ4v) is 2.47. The lowest BCUT2D eigenvalue weighted by molar-refractivity contribution is -0.124. The molecule has 1 aliphatic rings. The van der Waals surface area contributed by atoms with Crippen molar-refractivity contribution < 1.29 is 4.79 Å². The van der Waals surface area contributed by atoms with Crippen molar-refractivity contribution in [3.63, 3.8) is 0 Å². The maximum absolute atomic E-state index is 12.1. The van der Waals surface area contributed by atoms with Crippen molar-refractivity contribution in [3.05, 3.63) is 22.8 Å². The highest BCUT2D eigenvalue weighted by molar-refractivity contribution is 9.10. The Balaban J connectivity index is 2.10. The summed E-state index contributed by atoms with van der Waals surface area (Å²) in [5.41, 5.74) is -0.211. The molecule has 0 aromatic carbocycles. The number of hydrogen-bond acceptors (Lipinski definition) is 2. The lowest BCUT2D eigenvalue weighted by atomic mass is 9.88. The second-order valence-corrected chi connectivity index (χ2v) is 5.41. The highest BCUT2D eigenvalue weighted by Gasteiger charge is 2.36. The molecule has 1 fully saturated rings.